The van der Waals surface area contributed by atoms with Crippen molar-refractivity contribution in [2.75, 3.05) is 0 Å². The Morgan fingerprint density at radius 1 is 0.261 bits per heavy atom. The summed E-state index contributed by atoms with van der Waals surface area (Å²) >= 11 is 0. The van der Waals surface area contributed by atoms with E-state index in [4.69, 9.17) is 19.9 Å². The van der Waals surface area contributed by atoms with Crippen molar-refractivity contribution >= 4 is 65.5 Å². The Labute approximate surface area is 396 Å². The van der Waals surface area contributed by atoms with Gasteiger partial charge < -0.3 is 9.13 Å². The van der Waals surface area contributed by atoms with Gasteiger partial charge in [0, 0.05) is 55.6 Å². The van der Waals surface area contributed by atoms with Gasteiger partial charge >= 0.3 is 0 Å². The van der Waals surface area contributed by atoms with E-state index in [0.29, 0.717) is 17.6 Å². The lowest BCUT2D eigenvalue weighted by Gasteiger charge is -2.12. The summed E-state index contributed by atoms with van der Waals surface area (Å²) in [4.78, 5) is 20.2. The molecule has 7 heteroatoms. The molecule has 0 amide bonds. The summed E-state index contributed by atoms with van der Waals surface area (Å²) in [6, 6.07) is 81.5. The Kier molecular flexibility index (Phi) is 8.75. The highest BCUT2D eigenvalue weighted by Crippen LogP contribution is 2.40. The minimum Gasteiger partial charge on any atom is -0.309 e. The lowest BCUT2D eigenvalue weighted by molar-refractivity contribution is 0.953. The van der Waals surface area contributed by atoms with Crippen LogP contribution >= 0.6 is 0 Å². The number of hydrogen-bond donors (Lipinski definition) is 0. The van der Waals surface area contributed by atoms with E-state index in [2.05, 4.69) is 177 Å². The van der Waals surface area contributed by atoms with E-state index < -0.39 is 0 Å². The zero-order valence-electron chi connectivity index (χ0n) is 37.1. The molecular formula is C62H39N7. The SMILES string of the molecule is c1ccc(-c2nc(-c3ccccc3)nc(-n3c4ccccc4c4ccc(-c5ccc6c(c5)c5ccccc5n6-c5cccc(-c6ccc7c(c6)c6ncccc6n7-c6ccccc6)c5)cc43)n2)cc1. The lowest BCUT2D eigenvalue weighted by atomic mass is 10.0. The second-order valence-corrected chi connectivity index (χ2v) is 17.5. The first-order chi connectivity index (χ1) is 34.2. The highest BCUT2D eigenvalue weighted by Gasteiger charge is 2.20. The third-order valence-electron chi connectivity index (χ3n) is 13.5. The van der Waals surface area contributed by atoms with E-state index >= 15 is 0 Å². The Morgan fingerprint density at radius 2 is 0.739 bits per heavy atom. The molecule has 0 fully saturated rings. The predicted molar refractivity (Wildman–Crippen MR) is 282 cm³/mol. The van der Waals surface area contributed by atoms with Crippen molar-refractivity contribution in [3.63, 3.8) is 0 Å². The fourth-order valence-corrected chi connectivity index (χ4v) is 10.4. The summed E-state index contributed by atoms with van der Waals surface area (Å²) in [6.07, 6.45) is 1.89. The monoisotopic (exact) mass is 881 g/mol. The summed E-state index contributed by atoms with van der Waals surface area (Å²) in [5.41, 5.74) is 16.2. The first-order valence-electron chi connectivity index (χ1n) is 23.2. The van der Waals surface area contributed by atoms with E-state index in [0.717, 1.165) is 99.5 Å². The van der Waals surface area contributed by atoms with Crippen LogP contribution in [0, 0.1) is 0 Å². The van der Waals surface area contributed by atoms with E-state index in [1.54, 1.807) is 0 Å². The average molecular weight is 882 g/mol. The molecule has 0 aliphatic carbocycles. The van der Waals surface area contributed by atoms with Crippen molar-refractivity contribution in [3.8, 4) is 62.4 Å². The van der Waals surface area contributed by atoms with Gasteiger partial charge in [-0.2, -0.15) is 9.97 Å². The van der Waals surface area contributed by atoms with Gasteiger partial charge in [-0.15, -0.1) is 0 Å². The minimum atomic E-state index is 0.572. The highest BCUT2D eigenvalue weighted by molar-refractivity contribution is 6.13. The summed E-state index contributed by atoms with van der Waals surface area (Å²) in [5.74, 6) is 1.82. The molecule has 0 bridgehead atoms. The Hall–Kier alpha value is -9.46. The van der Waals surface area contributed by atoms with Crippen LogP contribution in [0.25, 0.3) is 128 Å². The summed E-state index contributed by atoms with van der Waals surface area (Å²) < 4.78 is 6.90. The number of pyridine rings is 1. The average Bonchev–Trinajstić information content (AvgIpc) is 4.06. The maximum Gasteiger partial charge on any atom is 0.238 e. The van der Waals surface area contributed by atoms with Gasteiger partial charge in [0.15, 0.2) is 11.6 Å². The van der Waals surface area contributed by atoms with Crippen molar-refractivity contribution in [3.05, 3.63) is 237 Å². The Morgan fingerprint density at radius 3 is 1.45 bits per heavy atom. The summed E-state index contributed by atoms with van der Waals surface area (Å²) in [6.45, 7) is 0. The zero-order valence-corrected chi connectivity index (χ0v) is 37.1. The van der Waals surface area contributed by atoms with Gasteiger partial charge in [-0.05, 0) is 101 Å². The Balaban J connectivity index is 0.900. The van der Waals surface area contributed by atoms with Crippen LogP contribution in [0.5, 0.6) is 0 Å². The first kappa shape index (κ1) is 38.8. The van der Waals surface area contributed by atoms with E-state index in [9.17, 15) is 0 Å². The van der Waals surface area contributed by atoms with Gasteiger partial charge in [0.05, 0.1) is 38.6 Å². The fraction of sp³-hybridized carbons (Fsp3) is 0. The van der Waals surface area contributed by atoms with Crippen molar-refractivity contribution in [2.45, 2.75) is 0 Å². The molecular weight excluding hydrogens is 843 g/mol. The number of hydrogen-bond acceptors (Lipinski definition) is 4. The first-order valence-corrected chi connectivity index (χ1v) is 23.2. The van der Waals surface area contributed by atoms with Crippen LogP contribution in [0.15, 0.2) is 237 Å². The molecule has 0 aliphatic rings. The smallest absolute Gasteiger partial charge is 0.238 e. The van der Waals surface area contributed by atoms with Gasteiger partial charge in [-0.3, -0.25) is 9.55 Å². The molecule has 0 saturated heterocycles. The third-order valence-corrected chi connectivity index (χ3v) is 13.5. The van der Waals surface area contributed by atoms with E-state index in [-0.39, 0.29) is 0 Å². The standard InChI is InChI=1S/C62H39N7/c1-4-16-40(17-5-1)60-64-61(41-18-6-2-7-19-41)66-62(65-60)69-54-27-13-10-24-48(54)50-32-29-45(39-58(50)69)43-30-33-55-51(37-43)49-25-11-12-26-53(49)68(55)47-23-14-20-42(36-47)44-31-34-56-52(38-44)59-57(28-15-35-63-59)67(56)46-21-8-3-9-22-46/h1-39H. The second kappa shape index (κ2) is 15.6. The number of aromatic nitrogens is 7. The molecule has 0 aliphatic heterocycles. The number of rotatable bonds is 7. The van der Waals surface area contributed by atoms with Crippen molar-refractivity contribution in [1.29, 1.82) is 0 Å². The molecule has 14 rings (SSSR count). The van der Waals surface area contributed by atoms with Crippen LogP contribution in [-0.4, -0.2) is 33.6 Å². The van der Waals surface area contributed by atoms with Crippen LogP contribution in [0.1, 0.15) is 0 Å². The van der Waals surface area contributed by atoms with E-state index in [1.807, 2.05) is 72.9 Å². The normalized spacial score (nSPS) is 11.8. The quantitative estimate of drug-likeness (QED) is 0.160. The highest BCUT2D eigenvalue weighted by atomic mass is 15.2. The Bertz CT molecular complexity index is 4240. The second-order valence-electron chi connectivity index (χ2n) is 17.5. The molecule has 0 spiro atoms. The molecule has 0 atom stereocenters. The van der Waals surface area contributed by atoms with Gasteiger partial charge in [0.25, 0.3) is 0 Å². The van der Waals surface area contributed by atoms with Gasteiger partial charge in [-0.25, -0.2) is 4.98 Å². The molecule has 9 aromatic carbocycles. The largest absolute Gasteiger partial charge is 0.309 e. The summed E-state index contributed by atoms with van der Waals surface area (Å²) in [7, 11) is 0. The minimum absolute atomic E-state index is 0.572. The molecule has 322 valence electrons. The van der Waals surface area contributed by atoms with E-state index in [1.165, 1.54) is 10.8 Å². The molecule has 5 heterocycles. The molecule has 0 N–H and O–H groups in total. The van der Waals surface area contributed by atoms with Crippen molar-refractivity contribution < 1.29 is 0 Å². The number of fused-ring (bicyclic) bond motifs is 9. The number of para-hydroxylation sites is 3. The lowest BCUT2D eigenvalue weighted by Crippen LogP contribution is -2.06. The zero-order chi connectivity index (χ0) is 45.4. The van der Waals surface area contributed by atoms with Crippen LogP contribution in [0.4, 0.5) is 0 Å². The van der Waals surface area contributed by atoms with Crippen molar-refractivity contribution in [1.82, 2.24) is 33.6 Å². The van der Waals surface area contributed by atoms with Crippen LogP contribution in [0.3, 0.4) is 0 Å². The maximum absolute atomic E-state index is 5.18. The molecule has 0 saturated carbocycles. The fourth-order valence-electron chi connectivity index (χ4n) is 10.4. The molecule has 14 aromatic rings. The van der Waals surface area contributed by atoms with Gasteiger partial charge in [-0.1, -0.05) is 152 Å². The maximum atomic E-state index is 5.18. The third kappa shape index (κ3) is 6.29. The van der Waals surface area contributed by atoms with Crippen LogP contribution in [0.2, 0.25) is 0 Å². The molecule has 0 radical (unpaired) electrons. The predicted octanol–water partition coefficient (Wildman–Crippen LogP) is 15.2. The van der Waals surface area contributed by atoms with Gasteiger partial charge in [0.2, 0.25) is 5.95 Å². The van der Waals surface area contributed by atoms with Gasteiger partial charge in [0.1, 0.15) is 0 Å². The topological polar surface area (TPSA) is 66.3 Å². The number of nitrogens with zero attached hydrogens (tertiary/aromatic N) is 7. The molecule has 69 heavy (non-hydrogen) atoms. The van der Waals surface area contributed by atoms with Crippen LogP contribution < -0.4 is 0 Å². The molecule has 7 nitrogen and oxygen atoms in total. The van der Waals surface area contributed by atoms with Crippen molar-refractivity contribution in [2.24, 2.45) is 0 Å². The molecule has 5 aromatic heterocycles. The number of benzene rings is 9. The summed E-state index contributed by atoms with van der Waals surface area (Å²) in [5, 5.41) is 5.78. The van der Waals surface area contributed by atoms with Crippen LogP contribution in [-0.2, 0) is 0 Å². The molecule has 0 unspecified atom stereocenters.